The van der Waals surface area contributed by atoms with Crippen molar-refractivity contribution in [1.82, 2.24) is 24.8 Å². The average molecular weight is 426 g/mol. The molecule has 12 heteroatoms. The molecule has 0 spiro atoms. The number of carboxylic acid groups (broad SMARTS) is 1. The Morgan fingerprint density at radius 2 is 2.10 bits per heavy atom. The summed E-state index contributed by atoms with van der Waals surface area (Å²) >= 11 is 1.56. The maximum Gasteiger partial charge on any atom is 0.320 e. The molecule has 0 radical (unpaired) electrons. The lowest BCUT2D eigenvalue weighted by Crippen LogP contribution is -2.44. The minimum Gasteiger partial charge on any atom is -0.480 e. The first-order valence-electron chi connectivity index (χ1n) is 9.16. The molecule has 2 aromatic rings. The molecule has 4 N–H and O–H groups in total. The van der Waals surface area contributed by atoms with Crippen LogP contribution in [0, 0.1) is 0 Å². The number of aromatic nitrogens is 4. The quantitative estimate of drug-likeness (QED) is 0.404. The van der Waals surface area contributed by atoms with E-state index in [9.17, 15) is 20.1 Å². The van der Waals surface area contributed by atoms with Gasteiger partial charge in [-0.05, 0) is 18.4 Å². The van der Waals surface area contributed by atoms with Gasteiger partial charge in [-0.25, -0.2) is 15.0 Å². The van der Waals surface area contributed by atoms with Gasteiger partial charge in [0.05, 0.1) is 6.33 Å². The number of carboxylic acids is 1. The van der Waals surface area contributed by atoms with Crippen LogP contribution in [0.4, 0.5) is 5.82 Å². The number of fused-ring (bicyclic) bond motifs is 1. The van der Waals surface area contributed by atoms with E-state index in [-0.39, 0.29) is 6.54 Å². The number of aliphatic hydroxyl groups excluding tert-OH is 2. The molecular formula is C17H26N6O5S. The molecule has 1 aliphatic heterocycles. The largest absolute Gasteiger partial charge is 0.480 e. The molecule has 3 heterocycles. The van der Waals surface area contributed by atoms with Gasteiger partial charge in [-0.2, -0.15) is 11.8 Å². The zero-order chi connectivity index (χ0) is 21.1. The lowest BCUT2D eigenvalue weighted by Gasteiger charge is -2.19. The zero-order valence-electron chi connectivity index (χ0n) is 16.5. The minimum atomic E-state index is -1.22. The van der Waals surface area contributed by atoms with Crippen LogP contribution in [0.15, 0.2) is 12.7 Å². The highest BCUT2D eigenvalue weighted by atomic mass is 32.2. The number of anilines is 1. The smallest absolute Gasteiger partial charge is 0.320 e. The van der Waals surface area contributed by atoms with E-state index in [1.807, 2.05) is 20.4 Å². The molecule has 0 amide bonds. The van der Waals surface area contributed by atoms with Gasteiger partial charge in [0.15, 0.2) is 23.2 Å². The van der Waals surface area contributed by atoms with Crippen LogP contribution in [0.2, 0.25) is 0 Å². The van der Waals surface area contributed by atoms with Crippen LogP contribution in [-0.4, -0.2) is 97.8 Å². The molecular weight excluding hydrogens is 400 g/mol. The zero-order valence-corrected chi connectivity index (χ0v) is 17.3. The summed E-state index contributed by atoms with van der Waals surface area (Å²) < 4.78 is 7.42. The monoisotopic (exact) mass is 426 g/mol. The predicted octanol–water partition coefficient (Wildman–Crippen LogP) is -0.693. The Bertz CT molecular complexity index is 849. The third-order valence-electron chi connectivity index (χ3n) is 4.85. The molecule has 160 valence electrons. The van der Waals surface area contributed by atoms with Gasteiger partial charge in [-0.3, -0.25) is 9.36 Å². The van der Waals surface area contributed by atoms with E-state index in [0.29, 0.717) is 29.2 Å². The normalized spacial score (nSPS) is 25.4. The van der Waals surface area contributed by atoms with Gasteiger partial charge in [-0.1, -0.05) is 0 Å². The topological polar surface area (TPSA) is 146 Å². The standard InChI is InChI=1S/C17H26N6O5S/c1-22(2)14-11-15(20-7-19-14)23(8-21-11)16-13(25)12(24)10(28-16)6-18-9(17(26)27)4-5-29-3/h7-10,12-13,16,18,24-25H,4-6H2,1-3H3,(H,26,27)/t9-,10+,12+,13+,16+/m0/s1. The van der Waals surface area contributed by atoms with E-state index in [0.717, 1.165) is 0 Å². The van der Waals surface area contributed by atoms with Gasteiger partial charge in [-0.15, -0.1) is 0 Å². The Morgan fingerprint density at radius 1 is 1.34 bits per heavy atom. The van der Waals surface area contributed by atoms with Crippen molar-refractivity contribution in [3.05, 3.63) is 12.7 Å². The Morgan fingerprint density at radius 3 is 2.76 bits per heavy atom. The third-order valence-corrected chi connectivity index (χ3v) is 5.49. The second-order valence-electron chi connectivity index (χ2n) is 7.04. The molecule has 5 atom stereocenters. The third kappa shape index (κ3) is 4.46. The molecule has 0 unspecified atom stereocenters. The SMILES string of the molecule is CSCC[C@H](NC[C@H]1O[C@@H](n2cnc3c(N(C)C)ncnc32)[C@H](O)[C@@H]1O)C(=O)O. The molecule has 1 saturated heterocycles. The first-order chi connectivity index (χ1) is 13.8. The second kappa shape index (κ2) is 9.22. The fourth-order valence-electron chi connectivity index (χ4n) is 3.29. The molecule has 11 nitrogen and oxygen atoms in total. The summed E-state index contributed by atoms with van der Waals surface area (Å²) in [7, 11) is 3.67. The molecule has 0 aromatic carbocycles. The van der Waals surface area contributed by atoms with E-state index < -0.39 is 36.6 Å². The molecule has 0 aliphatic carbocycles. The number of hydrogen-bond acceptors (Lipinski definition) is 10. The number of ether oxygens (including phenoxy) is 1. The van der Waals surface area contributed by atoms with Crippen LogP contribution in [0.1, 0.15) is 12.6 Å². The van der Waals surface area contributed by atoms with Crippen LogP contribution < -0.4 is 10.2 Å². The summed E-state index contributed by atoms with van der Waals surface area (Å²) in [5, 5.41) is 33.2. The predicted molar refractivity (Wildman–Crippen MR) is 108 cm³/mol. The van der Waals surface area contributed by atoms with Crippen LogP contribution in [0.25, 0.3) is 11.2 Å². The second-order valence-corrected chi connectivity index (χ2v) is 8.03. The number of aliphatic hydroxyl groups is 2. The van der Waals surface area contributed by atoms with Gasteiger partial charge in [0.2, 0.25) is 0 Å². The Kier molecular flexibility index (Phi) is 6.90. The number of thioether (sulfide) groups is 1. The summed E-state index contributed by atoms with van der Waals surface area (Å²) in [6.07, 6.45) is 1.16. The highest BCUT2D eigenvalue weighted by Crippen LogP contribution is 2.32. The number of imidazole rings is 1. The van der Waals surface area contributed by atoms with Gasteiger partial charge >= 0.3 is 5.97 Å². The summed E-state index contributed by atoms with van der Waals surface area (Å²) in [6.45, 7) is 0.0879. The Hall–Kier alpha value is -1.99. The number of hydrogen-bond donors (Lipinski definition) is 4. The number of aliphatic carboxylic acids is 1. The molecule has 3 rings (SSSR count). The summed E-state index contributed by atoms with van der Waals surface area (Å²) in [5.41, 5.74) is 1.02. The van der Waals surface area contributed by atoms with Crippen molar-refractivity contribution in [2.24, 2.45) is 0 Å². The maximum absolute atomic E-state index is 11.4. The van der Waals surface area contributed by atoms with Gasteiger partial charge in [0.25, 0.3) is 0 Å². The van der Waals surface area contributed by atoms with Crippen molar-refractivity contribution in [3.8, 4) is 0 Å². The van der Waals surface area contributed by atoms with E-state index in [4.69, 9.17) is 4.74 Å². The van der Waals surface area contributed by atoms with Crippen LogP contribution in [0.5, 0.6) is 0 Å². The number of nitrogens with zero attached hydrogens (tertiary/aromatic N) is 5. The highest BCUT2D eigenvalue weighted by Gasteiger charge is 2.44. The number of carbonyl (C=O) groups is 1. The van der Waals surface area contributed by atoms with Crippen molar-refractivity contribution >= 4 is 34.7 Å². The molecule has 0 saturated carbocycles. The van der Waals surface area contributed by atoms with Crippen molar-refractivity contribution in [2.75, 3.05) is 37.5 Å². The minimum absolute atomic E-state index is 0.0879. The summed E-state index contributed by atoms with van der Waals surface area (Å²) in [5.74, 6) is 0.355. The first kappa shape index (κ1) is 21.7. The lowest BCUT2D eigenvalue weighted by molar-refractivity contribution is -0.139. The molecule has 2 aromatic heterocycles. The van der Waals surface area contributed by atoms with Gasteiger partial charge in [0, 0.05) is 20.6 Å². The van der Waals surface area contributed by atoms with Gasteiger partial charge in [0.1, 0.15) is 30.7 Å². The van der Waals surface area contributed by atoms with Crippen molar-refractivity contribution in [2.45, 2.75) is 37.0 Å². The van der Waals surface area contributed by atoms with E-state index in [1.165, 1.54) is 12.7 Å². The molecule has 0 bridgehead atoms. The number of rotatable bonds is 9. The van der Waals surface area contributed by atoms with Crippen molar-refractivity contribution in [1.29, 1.82) is 0 Å². The summed E-state index contributed by atoms with van der Waals surface area (Å²) in [4.78, 5) is 26.0. The average Bonchev–Trinajstić information content (AvgIpc) is 3.23. The first-order valence-corrected chi connectivity index (χ1v) is 10.6. The molecule has 1 aliphatic rings. The van der Waals surface area contributed by atoms with E-state index in [1.54, 1.807) is 21.2 Å². The maximum atomic E-state index is 11.4. The van der Waals surface area contributed by atoms with E-state index >= 15 is 0 Å². The Labute approximate surface area is 172 Å². The van der Waals surface area contributed by atoms with Crippen LogP contribution >= 0.6 is 11.8 Å². The fraction of sp³-hybridized carbons (Fsp3) is 0.647. The highest BCUT2D eigenvalue weighted by molar-refractivity contribution is 7.98. The van der Waals surface area contributed by atoms with Crippen LogP contribution in [0.3, 0.4) is 0 Å². The van der Waals surface area contributed by atoms with Crippen LogP contribution in [-0.2, 0) is 9.53 Å². The lowest BCUT2D eigenvalue weighted by atomic mass is 10.1. The molecule has 29 heavy (non-hydrogen) atoms. The van der Waals surface area contributed by atoms with Gasteiger partial charge < -0.3 is 30.3 Å². The number of nitrogens with one attached hydrogen (secondary N) is 1. The summed E-state index contributed by atoms with van der Waals surface area (Å²) in [6, 6.07) is -0.751. The Balaban J connectivity index is 1.75. The van der Waals surface area contributed by atoms with Crippen molar-refractivity contribution in [3.63, 3.8) is 0 Å². The fourth-order valence-corrected chi connectivity index (χ4v) is 3.76. The van der Waals surface area contributed by atoms with E-state index in [2.05, 4.69) is 20.3 Å². The molecule has 1 fully saturated rings. The van der Waals surface area contributed by atoms with Crippen molar-refractivity contribution < 1.29 is 24.9 Å².